The average Bonchev–Trinajstić information content (AvgIpc) is 2.66. The molecule has 0 bridgehead atoms. The van der Waals surface area contributed by atoms with Gasteiger partial charge in [0.15, 0.2) is 0 Å². The first-order valence-corrected chi connectivity index (χ1v) is 6.31. The highest BCUT2D eigenvalue weighted by Crippen LogP contribution is 2.39. The monoisotopic (exact) mass is 226 g/mol. The van der Waals surface area contributed by atoms with Crippen LogP contribution in [0.15, 0.2) is 0 Å². The van der Waals surface area contributed by atoms with Crippen LogP contribution in [0.5, 0.6) is 0 Å². The first-order valence-electron chi connectivity index (χ1n) is 6.31. The van der Waals surface area contributed by atoms with E-state index < -0.39 is 6.04 Å². The quantitative estimate of drug-likeness (QED) is 0.736. The molecule has 92 valence electrons. The lowest BCUT2D eigenvalue weighted by Gasteiger charge is -2.38. The Labute approximate surface area is 96.9 Å². The molecule has 1 heterocycles. The summed E-state index contributed by atoms with van der Waals surface area (Å²) in [5.74, 6) is -0.0416. The van der Waals surface area contributed by atoms with Crippen LogP contribution >= 0.6 is 0 Å². The van der Waals surface area contributed by atoms with Crippen molar-refractivity contribution in [3.63, 3.8) is 0 Å². The zero-order valence-electron chi connectivity index (χ0n) is 10.00. The summed E-state index contributed by atoms with van der Waals surface area (Å²) in [5.41, 5.74) is 5.62. The van der Waals surface area contributed by atoms with Crippen LogP contribution in [0, 0.1) is 0 Å². The molecule has 2 fully saturated rings. The Balaban J connectivity index is 1.89. The molecule has 2 atom stereocenters. The Morgan fingerprint density at radius 2 is 2.19 bits per heavy atom. The van der Waals surface area contributed by atoms with Crippen molar-refractivity contribution in [3.05, 3.63) is 0 Å². The molecular weight excluding hydrogens is 204 g/mol. The second-order valence-corrected chi connectivity index (χ2v) is 5.23. The number of amides is 1. The number of nitrogens with one attached hydrogen (secondary N) is 1. The molecule has 4 nitrogen and oxygen atoms in total. The standard InChI is InChI=1S/C12H22N2O2/c1-9(13)11(15)14-10-4-7-16-12(8-10)5-2-3-6-12/h9-10H,2-8,13H2,1H3,(H,14,15). The number of rotatable bonds is 2. The smallest absolute Gasteiger partial charge is 0.236 e. The van der Waals surface area contributed by atoms with E-state index in [0.717, 1.165) is 32.3 Å². The molecule has 1 spiro atoms. The van der Waals surface area contributed by atoms with Crippen molar-refractivity contribution >= 4 is 5.91 Å². The highest BCUT2D eigenvalue weighted by Gasteiger charge is 2.40. The van der Waals surface area contributed by atoms with Gasteiger partial charge in [-0.1, -0.05) is 12.8 Å². The molecular formula is C12H22N2O2. The van der Waals surface area contributed by atoms with Gasteiger partial charge in [-0.05, 0) is 32.6 Å². The maximum Gasteiger partial charge on any atom is 0.236 e. The van der Waals surface area contributed by atoms with Gasteiger partial charge in [0.2, 0.25) is 5.91 Å². The Kier molecular flexibility index (Phi) is 3.50. The summed E-state index contributed by atoms with van der Waals surface area (Å²) in [7, 11) is 0. The van der Waals surface area contributed by atoms with Gasteiger partial charge in [-0.15, -0.1) is 0 Å². The predicted molar refractivity (Wildman–Crippen MR) is 62.0 cm³/mol. The van der Waals surface area contributed by atoms with E-state index in [0.29, 0.717) is 0 Å². The van der Waals surface area contributed by atoms with Gasteiger partial charge in [0.1, 0.15) is 0 Å². The van der Waals surface area contributed by atoms with E-state index in [1.807, 2.05) is 0 Å². The van der Waals surface area contributed by atoms with Crippen LogP contribution in [0.4, 0.5) is 0 Å². The highest BCUT2D eigenvalue weighted by atomic mass is 16.5. The van der Waals surface area contributed by atoms with Crippen molar-refractivity contribution in [3.8, 4) is 0 Å². The number of ether oxygens (including phenoxy) is 1. The SMILES string of the molecule is CC(N)C(=O)NC1CCOC2(CCCC2)C1. The van der Waals surface area contributed by atoms with Gasteiger partial charge in [-0.3, -0.25) is 4.79 Å². The molecule has 16 heavy (non-hydrogen) atoms. The lowest BCUT2D eigenvalue weighted by molar-refractivity contribution is -0.126. The third-order valence-corrected chi connectivity index (χ3v) is 3.77. The van der Waals surface area contributed by atoms with Gasteiger partial charge in [-0.25, -0.2) is 0 Å². The first-order chi connectivity index (χ1) is 7.61. The normalized spacial score (nSPS) is 30.2. The number of hydrogen-bond donors (Lipinski definition) is 2. The Bertz CT molecular complexity index is 260. The van der Waals surface area contributed by atoms with Crippen LogP contribution < -0.4 is 11.1 Å². The van der Waals surface area contributed by atoms with Crippen molar-refractivity contribution in [2.24, 2.45) is 5.73 Å². The fourth-order valence-electron chi connectivity index (χ4n) is 2.85. The van der Waals surface area contributed by atoms with Gasteiger partial charge in [0.25, 0.3) is 0 Å². The largest absolute Gasteiger partial charge is 0.375 e. The maximum atomic E-state index is 11.5. The second kappa shape index (κ2) is 4.72. The molecule has 2 aliphatic rings. The second-order valence-electron chi connectivity index (χ2n) is 5.23. The van der Waals surface area contributed by atoms with Crippen LogP contribution in [-0.4, -0.2) is 30.2 Å². The zero-order valence-corrected chi connectivity index (χ0v) is 10.00. The average molecular weight is 226 g/mol. The fraction of sp³-hybridized carbons (Fsp3) is 0.917. The summed E-state index contributed by atoms with van der Waals surface area (Å²) in [5, 5.41) is 3.03. The molecule has 2 rings (SSSR count). The van der Waals surface area contributed by atoms with E-state index in [1.165, 1.54) is 12.8 Å². The summed E-state index contributed by atoms with van der Waals surface area (Å²) in [6, 6.07) is -0.160. The van der Waals surface area contributed by atoms with Crippen LogP contribution in [0.2, 0.25) is 0 Å². The lowest BCUT2D eigenvalue weighted by atomic mass is 9.89. The Morgan fingerprint density at radius 1 is 1.50 bits per heavy atom. The predicted octanol–water partition coefficient (Wildman–Crippen LogP) is 0.942. The number of hydrogen-bond acceptors (Lipinski definition) is 3. The third kappa shape index (κ3) is 2.55. The summed E-state index contributed by atoms with van der Waals surface area (Å²) in [6.45, 7) is 2.49. The minimum Gasteiger partial charge on any atom is -0.375 e. The van der Waals surface area contributed by atoms with Crippen molar-refractivity contribution in [1.82, 2.24) is 5.32 Å². The van der Waals surface area contributed by atoms with E-state index in [4.69, 9.17) is 10.5 Å². The molecule has 1 saturated heterocycles. The van der Waals surface area contributed by atoms with Gasteiger partial charge < -0.3 is 15.8 Å². The van der Waals surface area contributed by atoms with Crippen LogP contribution in [0.25, 0.3) is 0 Å². The van der Waals surface area contributed by atoms with Gasteiger partial charge in [-0.2, -0.15) is 0 Å². The molecule has 2 unspecified atom stereocenters. The number of carbonyl (C=O) groups excluding carboxylic acids is 1. The van der Waals surface area contributed by atoms with Crippen LogP contribution in [0.1, 0.15) is 45.4 Å². The van der Waals surface area contributed by atoms with Crippen molar-refractivity contribution in [1.29, 1.82) is 0 Å². The molecule has 0 aromatic carbocycles. The van der Waals surface area contributed by atoms with E-state index in [2.05, 4.69) is 5.32 Å². The van der Waals surface area contributed by atoms with Gasteiger partial charge in [0, 0.05) is 12.6 Å². The Morgan fingerprint density at radius 3 is 2.81 bits per heavy atom. The first kappa shape index (κ1) is 11.9. The van der Waals surface area contributed by atoms with Gasteiger partial charge in [0.05, 0.1) is 11.6 Å². The van der Waals surface area contributed by atoms with Crippen molar-refractivity contribution < 1.29 is 9.53 Å². The fourth-order valence-corrected chi connectivity index (χ4v) is 2.85. The minimum absolute atomic E-state index is 0.0416. The summed E-state index contributed by atoms with van der Waals surface area (Å²) in [6.07, 6.45) is 6.70. The summed E-state index contributed by atoms with van der Waals surface area (Å²) < 4.78 is 5.92. The number of nitrogens with two attached hydrogens (primary N) is 1. The van der Waals surface area contributed by atoms with Crippen molar-refractivity contribution in [2.45, 2.75) is 63.1 Å². The molecule has 4 heteroatoms. The van der Waals surface area contributed by atoms with Gasteiger partial charge >= 0.3 is 0 Å². The van der Waals surface area contributed by atoms with Crippen molar-refractivity contribution in [2.75, 3.05) is 6.61 Å². The minimum atomic E-state index is -0.414. The third-order valence-electron chi connectivity index (χ3n) is 3.77. The van der Waals surface area contributed by atoms with E-state index >= 15 is 0 Å². The molecule has 0 aromatic heterocycles. The molecule has 1 amide bonds. The molecule has 1 saturated carbocycles. The highest BCUT2D eigenvalue weighted by molar-refractivity contribution is 5.81. The van der Waals surface area contributed by atoms with Crippen LogP contribution in [0.3, 0.4) is 0 Å². The van der Waals surface area contributed by atoms with Crippen LogP contribution in [-0.2, 0) is 9.53 Å². The summed E-state index contributed by atoms with van der Waals surface area (Å²) >= 11 is 0. The Hall–Kier alpha value is -0.610. The number of carbonyl (C=O) groups is 1. The molecule has 3 N–H and O–H groups in total. The molecule has 1 aliphatic carbocycles. The van der Waals surface area contributed by atoms with E-state index in [9.17, 15) is 4.79 Å². The zero-order chi connectivity index (χ0) is 11.6. The lowest BCUT2D eigenvalue weighted by Crippen LogP contribution is -2.50. The molecule has 1 aliphatic heterocycles. The molecule has 0 radical (unpaired) electrons. The van der Waals surface area contributed by atoms with E-state index in [-0.39, 0.29) is 17.6 Å². The topological polar surface area (TPSA) is 64.4 Å². The van der Waals surface area contributed by atoms with E-state index in [1.54, 1.807) is 6.92 Å². The maximum absolute atomic E-state index is 11.5. The summed E-state index contributed by atoms with van der Waals surface area (Å²) in [4.78, 5) is 11.5. The molecule has 0 aromatic rings.